The van der Waals surface area contributed by atoms with Crippen molar-refractivity contribution in [3.8, 4) is 5.82 Å². The molecule has 6 heteroatoms. The van der Waals surface area contributed by atoms with Crippen molar-refractivity contribution in [2.45, 2.75) is 6.92 Å². The van der Waals surface area contributed by atoms with E-state index in [2.05, 4.69) is 20.3 Å². The van der Waals surface area contributed by atoms with E-state index in [-0.39, 0.29) is 0 Å². The number of nitrogens with zero attached hydrogens (tertiary/aromatic N) is 5. The van der Waals surface area contributed by atoms with Crippen molar-refractivity contribution in [3.63, 3.8) is 0 Å². The van der Waals surface area contributed by atoms with Gasteiger partial charge in [0.15, 0.2) is 11.0 Å². The van der Waals surface area contributed by atoms with Gasteiger partial charge in [-0.3, -0.25) is 0 Å². The summed E-state index contributed by atoms with van der Waals surface area (Å²) in [5.74, 6) is 1.37. The monoisotopic (exact) mass is 195 g/mol. The maximum Gasteiger partial charge on any atom is 0.177 e. The molecule has 2 heterocycles. The summed E-state index contributed by atoms with van der Waals surface area (Å²) in [6.07, 6.45) is 1.46. The van der Waals surface area contributed by atoms with Gasteiger partial charge in [-0.2, -0.15) is 9.78 Å². The molecule has 5 nitrogen and oxygen atoms in total. The number of aryl methyl sites for hydroxylation is 1. The summed E-state index contributed by atoms with van der Waals surface area (Å²) < 4.78 is 1.59. The molecule has 0 amide bonds. The van der Waals surface area contributed by atoms with Gasteiger partial charge in [0.25, 0.3) is 0 Å². The van der Waals surface area contributed by atoms with Crippen molar-refractivity contribution in [2.75, 3.05) is 0 Å². The smallest absolute Gasteiger partial charge is 0.177 e. The van der Waals surface area contributed by atoms with Crippen LogP contribution >= 0.6 is 11.6 Å². The number of hydrogen-bond acceptors (Lipinski definition) is 4. The average molecular weight is 196 g/mol. The Kier molecular flexibility index (Phi) is 1.94. The van der Waals surface area contributed by atoms with Gasteiger partial charge >= 0.3 is 0 Å². The fourth-order valence-corrected chi connectivity index (χ4v) is 1.05. The zero-order chi connectivity index (χ0) is 9.26. The second-order valence-electron chi connectivity index (χ2n) is 2.43. The van der Waals surface area contributed by atoms with E-state index < -0.39 is 0 Å². The highest BCUT2D eigenvalue weighted by atomic mass is 35.5. The first-order valence-corrected chi connectivity index (χ1v) is 4.01. The molecule has 0 saturated carbocycles. The lowest BCUT2D eigenvalue weighted by Crippen LogP contribution is -2.02. The Balaban J connectivity index is 2.47. The lowest BCUT2D eigenvalue weighted by atomic mass is 10.5. The Hall–Kier alpha value is -1.49. The number of aromatic nitrogens is 5. The van der Waals surface area contributed by atoms with Crippen molar-refractivity contribution in [1.29, 1.82) is 0 Å². The minimum atomic E-state index is 0.363. The maximum absolute atomic E-state index is 5.59. The highest BCUT2D eigenvalue weighted by molar-refractivity contribution is 6.29. The van der Waals surface area contributed by atoms with Crippen LogP contribution in [-0.2, 0) is 0 Å². The molecule has 0 aliphatic rings. The molecule has 66 valence electrons. The van der Waals surface area contributed by atoms with Crippen LogP contribution < -0.4 is 0 Å². The van der Waals surface area contributed by atoms with Crippen LogP contribution in [0.2, 0.25) is 5.15 Å². The fourth-order valence-electron chi connectivity index (χ4n) is 0.946. The molecule has 0 N–H and O–H groups in total. The molecule has 0 aromatic carbocycles. The Morgan fingerprint density at radius 2 is 2.15 bits per heavy atom. The van der Waals surface area contributed by atoms with E-state index in [9.17, 15) is 0 Å². The van der Waals surface area contributed by atoms with Crippen LogP contribution in [0.5, 0.6) is 0 Å². The van der Waals surface area contributed by atoms with Gasteiger partial charge in [0, 0.05) is 0 Å². The molecule has 2 rings (SSSR count). The SMILES string of the molecule is Cc1ncnn1-c1ccc(Cl)nn1. The maximum atomic E-state index is 5.59. The topological polar surface area (TPSA) is 56.5 Å². The van der Waals surface area contributed by atoms with Crippen molar-refractivity contribution < 1.29 is 0 Å². The third-order valence-corrected chi connectivity index (χ3v) is 1.75. The molecule has 0 saturated heterocycles. The molecule has 2 aromatic heterocycles. The standard InChI is InChI=1S/C7H6ClN5/c1-5-9-4-10-13(5)7-3-2-6(8)11-12-7/h2-4H,1H3. The third kappa shape index (κ3) is 1.50. The number of hydrogen-bond donors (Lipinski definition) is 0. The molecule has 0 fully saturated rings. The van der Waals surface area contributed by atoms with Crippen LogP contribution in [0, 0.1) is 6.92 Å². The van der Waals surface area contributed by atoms with E-state index in [1.165, 1.54) is 6.33 Å². The van der Waals surface area contributed by atoms with Gasteiger partial charge in [-0.05, 0) is 19.1 Å². The van der Waals surface area contributed by atoms with Gasteiger partial charge in [0.1, 0.15) is 12.2 Å². The normalized spacial score (nSPS) is 10.3. The highest BCUT2D eigenvalue weighted by Crippen LogP contribution is 2.06. The van der Waals surface area contributed by atoms with Crippen molar-refractivity contribution in [3.05, 3.63) is 29.4 Å². The van der Waals surface area contributed by atoms with Crippen LogP contribution in [0.3, 0.4) is 0 Å². The van der Waals surface area contributed by atoms with Crippen molar-refractivity contribution >= 4 is 11.6 Å². The van der Waals surface area contributed by atoms with E-state index in [1.807, 2.05) is 6.92 Å². The summed E-state index contributed by atoms with van der Waals surface area (Å²) in [5.41, 5.74) is 0. The van der Waals surface area contributed by atoms with Crippen molar-refractivity contribution in [2.24, 2.45) is 0 Å². The summed E-state index contributed by atoms with van der Waals surface area (Å²) in [5, 5.41) is 11.9. The zero-order valence-electron chi connectivity index (χ0n) is 6.85. The average Bonchev–Trinajstić information content (AvgIpc) is 2.53. The van der Waals surface area contributed by atoms with Gasteiger partial charge in [0.05, 0.1) is 0 Å². The van der Waals surface area contributed by atoms with Crippen LogP contribution in [0.4, 0.5) is 0 Å². The van der Waals surface area contributed by atoms with Gasteiger partial charge in [-0.1, -0.05) is 11.6 Å². The number of rotatable bonds is 1. The predicted octanol–water partition coefficient (Wildman–Crippen LogP) is 1.02. The zero-order valence-corrected chi connectivity index (χ0v) is 7.60. The summed E-state index contributed by atoms with van der Waals surface area (Å²) in [6, 6.07) is 3.39. The van der Waals surface area contributed by atoms with Gasteiger partial charge < -0.3 is 0 Å². The minimum Gasteiger partial charge on any atom is -0.220 e. The third-order valence-electron chi connectivity index (χ3n) is 1.55. The first kappa shape index (κ1) is 8.12. The summed E-state index contributed by atoms with van der Waals surface area (Å²) in [4.78, 5) is 3.97. The second kappa shape index (κ2) is 3.10. The predicted molar refractivity (Wildman–Crippen MR) is 46.7 cm³/mol. The van der Waals surface area contributed by atoms with E-state index in [1.54, 1.807) is 16.8 Å². The van der Waals surface area contributed by atoms with E-state index in [4.69, 9.17) is 11.6 Å². The lowest BCUT2D eigenvalue weighted by Gasteiger charge is -1.99. The molecule has 2 aromatic rings. The van der Waals surface area contributed by atoms with Crippen molar-refractivity contribution in [1.82, 2.24) is 25.0 Å². The lowest BCUT2D eigenvalue weighted by molar-refractivity contribution is 0.785. The largest absolute Gasteiger partial charge is 0.220 e. The number of halogens is 1. The Morgan fingerprint density at radius 3 is 2.69 bits per heavy atom. The quantitative estimate of drug-likeness (QED) is 0.682. The summed E-state index contributed by atoms with van der Waals surface area (Å²) in [7, 11) is 0. The van der Waals surface area contributed by atoms with Gasteiger partial charge in [-0.15, -0.1) is 10.2 Å². The molecular formula is C7H6ClN5. The summed E-state index contributed by atoms with van der Waals surface area (Å²) in [6.45, 7) is 1.84. The fraction of sp³-hybridized carbons (Fsp3) is 0.143. The molecule has 0 radical (unpaired) electrons. The first-order chi connectivity index (χ1) is 6.27. The molecule has 0 unspecified atom stereocenters. The van der Waals surface area contributed by atoms with Crippen LogP contribution in [0.1, 0.15) is 5.82 Å². The Labute approximate surface area is 79.4 Å². The second-order valence-corrected chi connectivity index (χ2v) is 2.82. The molecule has 0 aliphatic carbocycles. The first-order valence-electron chi connectivity index (χ1n) is 3.63. The van der Waals surface area contributed by atoms with E-state index in [0.29, 0.717) is 11.0 Å². The molecule has 13 heavy (non-hydrogen) atoms. The molecule has 0 aliphatic heterocycles. The Bertz CT molecular complexity index is 407. The van der Waals surface area contributed by atoms with Crippen LogP contribution in [0.15, 0.2) is 18.5 Å². The highest BCUT2D eigenvalue weighted by Gasteiger charge is 2.02. The van der Waals surface area contributed by atoms with Crippen LogP contribution in [0.25, 0.3) is 5.82 Å². The van der Waals surface area contributed by atoms with Crippen LogP contribution in [-0.4, -0.2) is 25.0 Å². The van der Waals surface area contributed by atoms with E-state index in [0.717, 1.165) is 5.82 Å². The molecule has 0 bridgehead atoms. The minimum absolute atomic E-state index is 0.363. The summed E-state index contributed by atoms with van der Waals surface area (Å²) >= 11 is 5.59. The molecular weight excluding hydrogens is 190 g/mol. The van der Waals surface area contributed by atoms with Gasteiger partial charge in [0.2, 0.25) is 0 Å². The molecule has 0 spiro atoms. The van der Waals surface area contributed by atoms with Gasteiger partial charge in [-0.25, -0.2) is 4.98 Å². The molecule has 0 atom stereocenters. The Morgan fingerprint density at radius 1 is 1.31 bits per heavy atom. The van der Waals surface area contributed by atoms with E-state index >= 15 is 0 Å².